The zero-order valence-corrected chi connectivity index (χ0v) is 13.2. The molecule has 0 unspecified atom stereocenters. The fourth-order valence-electron chi connectivity index (χ4n) is 1.86. The van der Waals surface area contributed by atoms with Gasteiger partial charge in [0.05, 0.1) is 6.20 Å². The summed E-state index contributed by atoms with van der Waals surface area (Å²) in [6.07, 6.45) is 8.50. The Labute approximate surface area is 120 Å². The van der Waals surface area contributed by atoms with Gasteiger partial charge in [0, 0.05) is 46.0 Å². The van der Waals surface area contributed by atoms with Gasteiger partial charge in [-0.25, -0.2) is 0 Å². The van der Waals surface area contributed by atoms with Crippen LogP contribution >= 0.6 is 11.8 Å². The first-order valence-corrected chi connectivity index (χ1v) is 7.95. The van der Waals surface area contributed by atoms with E-state index in [1.807, 2.05) is 50.0 Å². The van der Waals surface area contributed by atoms with Gasteiger partial charge in [-0.05, 0) is 24.9 Å². The number of guanidine groups is 1. The lowest BCUT2D eigenvalue weighted by Crippen LogP contribution is -2.38. The molecule has 19 heavy (non-hydrogen) atoms. The highest BCUT2D eigenvalue weighted by atomic mass is 32.2. The molecule has 1 aromatic heterocycles. The summed E-state index contributed by atoms with van der Waals surface area (Å²) in [5, 5.41) is 7.57. The number of nitrogens with one attached hydrogen (secondary N) is 1. The van der Waals surface area contributed by atoms with E-state index in [0.717, 1.165) is 19.0 Å². The Morgan fingerprint density at radius 2 is 2.32 bits per heavy atom. The standard InChI is InChI=1S/C13H25N5S/c1-14-13(15-7-5-6-8-19-4)17(2)10-12-9-16-18(3)11-12/h9,11H,5-8,10H2,1-4H3,(H,14,15). The smallest absolute Gasteiger partial charge is 0.193 e. The SMILES string of the molecule is CN=C(NCCCCSC)N(C)Cc1cnn(C)c1. The van der Waals surface area contributed by atoms with Crippen LogP contribution in [0.1, 0.15) is 18.4 Å². The number of thioether (sulfide) groups is 1. The topological polar surface area (TPSA) is 45.5 Å². The molecule has 0 aliphatic carbocycles. The molecule has 0 bridgehead atoms. The molecule has 0 atom stereocenters. The Bertz CT molecular complexity index is 388. The summed E-state index contributed by atoms with van der Waals surface area (Å²) in [6, 6.07) is 0. The van der Waals surface area contributed by atoms with E-state index in [2.05, 4.69) is 26.6 Å². The summed E-state index contributed by atoms with van der Waals surface area (Å²) in [4.78, 5) is 6.42. The monoisotopic (exact) mass is 283 g/mol. The number of hydrogen-bond acceptors (Lipinski definition) is 3. The maximum absolute atomic E-state index is 4.31. The lowest BCUT2D eigenvalue weighted by Gasteiger charge is -2.21. The van der Waals surface area contributed by atoms with E-state index in [-0.39, 0.29) is 0 Å². The second-order valence-corrected chi connectivity index (χ2v) is 5.54. The van der Waals surface area contributed by atoms with Gasteiger partial charge in [0.15, 0.2) is 5.96 Å². The van der Waals surface area contributed by atoms with E-state index >= 15 is 0 Å². The molecule has 5 nitrogen and oxygen atoms in total. The van der Waals surface area contributed by atoms with Crippen molar-refractivity contribution in [2.75, 3.05) is 32.6 Å². The molecule has 1 aromatic rings. The Morgan fingerprint density at radius 1 is 1.53 bits per heavy atom. The van der Waals surface area contributed by atoms with Crippen molar-refractivity contribution in [3.8, 4) is 0 Å². The van der Waals surface area contributed by atoms with Crippen LogP contribution in [0, 0.1) is 0 Å². The molecule has 0 aliphatic heterocycles. The maximum atomic E-state index is 4.31. The predicted molar refractivity (Wildman–Crippen MR) is 83.7 cm³/mol. The minimum absolute atomic E-state index is 0.818. The van der Waals surface area contributed by atoms with E-state index in [1.54, 1.807) is 0 Å². The van der Waals surface area contributed by atoms with Gasteiger partial charge in [0.2, 0.25) is 0 Å². The maximum Gasteiger partial charge on any atom is 0.193 e. The largest absolute Gasteiger partial charge is 0.356 e. The van der Waals surface area contributed by atoms with E-state index in [0.29, 0.717) is 0 Å². The molecule has 0 aromatic carbocycles. The molecule has 1 rings (SSSR count). The molecule has 1 N–H and O–H groups in total. The van der Waals surface area contributed by atoms with E-state index < -0.39 is 0 Å². The Balaban J connectivity index is 2.33. The van der Waals surface area contributed by atoms with Gasteiger partial charge < -0.3 is 10.2 Å². The van der Waals surface area contributed by atoms with Crippen molar-refractivity contribution >= 4 is 17.7 Å². The molecule has 108 valence electrons. The quantitative estimate of drug-likeness (QED) is 0.469. The van der Waals surface area contributed by atoms with Crippen LogP contribution < -0.4 is 5.32 Å². The fraction of sp³-hybridized carbons (Fsp3) is 0.692. The molecule has 1 heterocycles. The van der Waals surface area contributed by atoms with E-state index in [4.69, 9.17) is 0 Å². The minimum Gasteiger partial charge on any atom is -0.356 e. The minimum atomic E-state index is 0.818. The molecule has 0 spiro atoms. The van der Waals surface area contributed by atoms with Crippen LogP contribution in [-0.2, 0) is 13.6 Å². The van der Waals surface area contributed by atoms with Crippen LogP contribution in [0.4, 0.5) is 0 Å². The van der Waals surface area contributed by atoms with Crippen LogP contribution in [0.2, 0.25) is 0 Å². The zero-order valence-electron chi connectivity index (χ0n) is 12.4. The highest BCUT2D eigenvalue weighted by molar-refractivity contribution is 7.98. The zero-order chi connectivity index (χ0) is 14.1. The van der Waals surface area contributed by atoms with Gasteiger partial charge >= 0.3 is 0 Å². The first-order chi connectivity index (χ1) is 9.17. The van der Waals surface area contributed by atoms with Gasteiger partial charge in [-0.15, -0.1) is 0 Å². The summed E-state index contributed by atoms with van der Waals surface area (Å²) in [5.74, 6) is 2.17. The summed E-state index contributed by atoms with van der Waals surface area (Å²) in [6.45, 7) is 1.79. The van der Waals surface area contributed by atoms with Gasteiger partial charge in [0.1, 0.15) is 0 Å². The normalized spacial score (nSPS) is 11.7. The molecular weight excluding hydrogens is 258 g/mol. The van der Waals surface area contributed by atoms with Crippen molar-refractivity contribution in [3.05, 3.63) is 18.0 Å². The summed E-state index contributed by atoms with van der Waals surface area (Å²) < 4.78 is 1.82. The summed E-state index contributed by atoms with van der Waals surface area (Å²) >= 11 is 1.90. The summed E-state index contributed by atoms with van der Waals surface area (Å²) in [7, 11) is 5.80. The third-order valence-corrected chi connectivity index (χ3v) is 3.51. The van der Waals surface area contributed by atoms with Crippen molar-refractivity contribution in [3.63, 3.8) is 0 Å². The first kappa shape index (κ1) is 15.9. The number of unbranched alkanes of at least 4 members (excludes halogenated alkanes) is 1. The number of nitrogens with zero attached hydrogens (tertiary/aromatic N) is 4. The van der Waals surface area contributed by atoms with Gasteiger partial charge in [0.25, 0.3) is 0 Å². The predicted octanol–water partition coefficient (Wildman–Crippen LogP) is 1.57. The third-order valence-electron chi connectivity index (χ3n) is 2.81. The highest BCUT2D eigenvalue weighted by Gasteiger charge is 2.07. The molecule has 0 radical (unpaired) electrons. The average molecular weight is 283 g/mol. The van der Waals surface area contributed by atoms with Gasteiger partial charge in [-0.1, -0.05) is 0 Å². The lowest BCUT2D eigenvalue weighted by molar-refractivity contribution is 0.475. The average Bonchev–Trinajstić information content (AvgIpc) is 2.79. The number of hydrogen-bond donors (Lipinski definition) is 1. The van der Waals surface area contributed by atoms with Crippen molar-refractivity contribution in [2.24, 2.45) is 12.0 Å². The molecule has 6 heteroatoms. The molecule has 0 amide bonds. The number of aliphatic imine (C=N–C) groups is 1. The van der Waals surface area contributed by atoms with Gasteiger partial charge in [-0.3, -0.25) is 9.67 Å². The molecule has 0 aliphatic rings. The third kappa shape index (κ3) is 6.00. The summed E-state index contributed by atoms with van der Waals surface area (Å²) in [5.41, 5.74) is 1.19. The fourth-order valence-corrected chi connectivity index (χ4v) is 2.35. The highest BCUT2D eigenvalue weighted by Crippen LogP contribution is 2.02. The molecule has 0 saturated carbocycles. The molecule has 0 fully saturated rings. The lowest BCUT2D eigenvalue weighted by atomic mass is 10.3. The second-order valence-electron chi connectivity index (χ2n) is 4.55. The number of aryl methyl sites for hydroxylation is 1. The van der Waals surface area contributed by atoms with Crippen LogP contribution in [0.25, 0.3) is 0 Å². The second kappa shape index (κ2) is 8.85. The van der Waals surface area contributed by atoms with Crippen LogP contribution in [-0.4, -0.2) is 53.3 Å². The van der Waals surface area contributed by atoms with Crippen LogP contribution in [0.5, 0.6) is 0 Å². The Hall–Kier alpha value is -1.17. The van der Waals surface area contributed by atoms with E-state index in [9.17, 15) is 0 Å². The molecule has 0 saturated heterocycles. The first-order valence-electron chi connectivity index (χ1n) is 6.55. The Kier molecular flexibility index (Phi) is 7.40. The van der Waals surface area contributed by atoms with Crippen LogP contribution in [0.15, 0.2) is 17.4 Å². The van der Waals surface area contributed by atoms with Gasteiger partial charge in [-0.2, -0.15) is 16.9 Å². The van der Waals surface area contributed by atoms with Crippen LogP contribution in [0.3, 0.4) is 0 Å². The Morgan fingerprint density at radius 3 is 2.89 bits per heavy atom. The van der Waals surface area contributed by atoms with Crippen molar-refractivity contribution < 1.29 is 0 Å². The van der Waals surface area contributed by atoms with Crippen molar-refractivity contribution in [1.82, 2.24) is 20.0 Å². The van der Waals surface area contributed by atoms with Crippen molar-refractivity contribution in [1.29, 1.82) is 0 Å². The van der Waals surface area contributed by atoms with Crippen molar-refractivity contribution in [2.45, 2.75) is 19.4 Å². The number of aromatic nitrogens is 2. The number of rotatable bonds is 7. The molecular formula is C13H25N5S. The van der Waals surface area contributed by atoms with E-state index in [1.165, 1.54) is 24.2 Å².